The maximum Gasteiger partial charge on any atom is 0.183 e. The number of nitrogens with zero attached hydrogens (tertiary/aromatic N) is 2. The van der Waals surface area contributed by atoms with E-state index < -0.39 is 0 Å². The van der Waals surface area contributed by atoms with Gasteiger partial charge in [-0.15, -0.1) is 22.7 Å². The Kier molecular flexibility index (Phi) is 4.68. The number of aromatic nitrogens is 2. The van der Waals surface area contributed by atoms with Crippen LogP contribution in [0.25, 0.3) is 10.6 Å². The molecule has 0 aliphatic carbocycles. The second kappa shape index (κ2) is 6.26. The van der Waals surface area contributed by atoms with Crippen molar-refractivity contribution >= 4 is 27.8 Å². The molecule has 0 aromatic carbocycles. The Morgan fingerprint density at radius 3 is 2.94 bits per heavy atom. The van der Waals surface area contributed by atoms with Crippen LogP contribution in [0.15, 0.2) is 5.38 Å². The monoisotopic (exact) mass is 283 g/mol. The molecule has 0 spiro atoms. The molecule has 0 aliphatic heterocycles. The molecular weight excluding hydrogens is 266 g/mol. The predicted molar refractivity (Wildman–Crippen MR) is 77.5 cm³/mol. The average Bonchev–Trinajstić information content (AvgIpc) is 2.94. The van der Waals surface area contributed by atoms with Crippen molar-refractivity contribution in [1.82, 2.24) is 9.97 Å². The number of rotatable bonds is 6. The minimum Gasteiger partial charge on any atom is -0.378 e. The number of hydrogen-bond donors (Lipinski definition) is 1. The smallest absolute Gasteiger partial charge is 0.183 e. The third-order valence-corrected chi connectivity index (χ3v) is 4.18. The number of anilines is 1. The largest absolute Gasteiger partial charge is 0.378 e. The first-order valence-corrected chi connectivity index (χ1v) is 7.59. The van der Waals surface area contributed by atoms with Crippen molar-refractivity contribution in [3.05, 3.63) is 16.1 Å². The molecule has 0 unspecified atom stereocenters. The lowest BCUT2D eigenvalue weighted by Gasteiger charge is -1.99. The highest BCUT2D eigenvalue weighted by atomic mass is 32.1. The normalized spacial score (nSPS) is 10.8. The SMILES string of the molecule is CCCNc1nc(-c2sc(C)nc2COC)cs1. The molecule has 0 saturated carbocycles. The van der Waals surface area contributed by atoms with Crippen LogP contribution in [0.4, 0.5) is 5.13 Å². The molecule has 0 bridgehead atoms. The summed E-state index contributed by atoms with van der Waals surface area (Å²) in [6.45, 7) is 5.65. The first kappa shape index (κ1) is 13.5. The Hall–Kier alpha value is -0.980. The van der Waals surface area contributed by atoms with E-state index in [4.69, 9.17) is 4.74 Å². The van der Waals surface area contributed by atoms with Crippen molar-refractivity contribution in [3.63, 3.8) is 0 Å². The van der Waals surface area contributed by atoms with Crippen LogP contribution in [-0.4, -0.2) is 23.6 Å². The molecule has 98 valence electrons. The summed E-state index contributed by atoms with van der Waals surface area (Å²) >= 11 is 3.31. The highest BCUT2D eigenvalue weighted by molar-refractivity contribution is 7.16. The van der Waals surface area contributed by atoms with E-state index in [0.29, 0.717) is 6.61 Å². The van der Waals surface area contributed by atoms with Crippen molar-refractivity contribution in [2.75, 3.05) is 19.0 Å². The van der Waals surface area contributed by atoms with Gasteiger partial charge in [0, 0.05) is 19.0 Å². The molecule has 2 aromatic heterocycles. The highest BCUT2D eigenvalue weighted by Crippen LogP contribution is 2.32. The molecule has 0 radical (unpaired) electrons. The topological polar surface area (TPSA) is 47.0 Å². The third kappa shape index (κ3) is 3.07. The molecule has 0 amide bonds. The van der Waals surface area contributed by atoms with E-state index in [0.717, 1.165) is 39.4 Å². The fraction of sp³-hybridized carbons (Fsp3) is 0.500. The quantitative estimate of drug-likeness (QED) is 0.881. The maximum atomic E-state index is 5.18. The molecule has 2 rings (SSSR count). The summed E-state index contributed by atoms with van der Waals surface area (Å²) in [5.41, 5.74) is 1.98. The minimum atomic E-state index is 0.537. The van der Waals surface area contributed by atoms with Gasteiger partial charge in [0.1, 0.15) is 0 Å². The van der Waals surface area contributed by atoms with E-state index >= 15 is 0 Å². The lowest BCUT2D eigenvalue weighted by molar-refractivity contribution is 0.182. The molecule has 4 nitrogen and oxygen atoms in total. The second-order valence-corrected chi connectivity index (χ2v) is 5.97. The van der Waals surface area contributed by atoms with Crippen LogP contribution in [0.5, 0.6) is 0 Å². The lowest BCUT2D eigenvalue weighted by atomic mass is 10.3. The van der Waals surface area contributed by atoms with E-state index in [9.17, 15) is 0 Å². The Bertz CT molecular complexity index is 507. The lowest BCUT2D eigenvalue weighted by Crippen LogP contribution is -1.98. The molecule has 18 heavy (non-hydrogen) atoms. The number of hydrogen-bond acceptors (Lipinski definition) is 6. The summed E-state index contributed by atoms with van der Waals surface area (Å²) in [6.07, 6.45) is 1.10. The fourth-order valence-corrected chi connectivity index (χ4v) is 3.28. The summed E-state index contributed by atoms with van der Waals surface area (Å²) in [5, 5.41) is 7.40. The summed E-state index contributed by atoms with van der Waals surface area (Å²) in [7, 11) is 1.69. The molecule has 2 heterocycles. The van der Waals surface area contributed by atoms with Gasteiger partial charge < -0.3 is 10.1 Å². The molecule has 0 fully saturated rings. The van der Waals surface area contributed by atoms with Crippen LogP contribution in [-0.2, 0) is 11.3 Å². The van der Waals surface area contributed by atoms with E-state index in [1.54, 1.807) is 29.8 Å². The van der Waals surface area contributed by atoms with Gasteiger partial charge in [-0.3, -0.25) is 0 Å². The van der Waals surface area contributed by atoms with Gasteiger partial charge in [0.15, 0.2) is 5.13 Å². The zero-order chi connectivity index (χ0) is 13.0. The van der Waals surface area contributed by atoms with Gasteiger partial charge in [-0.1, -0.05) is 6.92 Å². The van der Waals surface area contributed by atoms with Gasteiger partial charge in [-0.25, -0.2) is 9.97 Å². The van der Waals surface area contributed by atoms with Crippen LogP contribution in [0, 0.1) is 6.92 Å². The van der Waals surface area contributed by atoms with Crippen molar-refractivity contribution in [2.24, 2.45) is 0 Å². The highest BCUT2D eigenvalue weighted by Gasteiger charge is 2.14. The molecule has 0 aliphatic rings. The first-order valence-electron chi connectivity index (χ1n) is 5.89. The number of ether oxygens (including phenoxy) is 1. The molecule has 6 heteroatoms. The summed E-state index contributed by atoms with van der Waals surface area (Å²) in [4.78, 5) is 10.2. The van der Waals surface area contributed by atoms with E-state index in [2.05, 4.69) is 27.6 Å². The standard InChI is InChI=1S/C12H17N3OS2/c1-4-5-13-12-15-10(7-17-12)11-9(6-16-3)14-8(2)18-11/h7H,4-6H2,1-3H3,(H,13,15). The van der Waals surface area contributed by atoms with Gasteiger partial charge in [0.2, 0.25) is 0 Å². The van der Waals surface area contributed by atoms with Gasteiger partial charge in [-0.2, -0.15) is 0 Å². The summed E-state index contributed by atoms with van der Waals surface area (Å²) in [5.74, 6) is 0. The van der Waals surface area contributed by atoms with Crippen molar-refractivity contribution in [1.29, 1.82) is 0 Å². The van der Waals surface area contributed by atoms with Crippen LogP contribution in [0.2, 0.25) is 0 Å². The second-order valence-electron chi connectivity index (χ2n) is 3.91. The minimum absolute atomic E-state index is 0.537. The van der Waals surface area contributed by atoms with Gasteiger partial charge >= 0.3 is 0 Å². The van der Waals surface area contributed by atoms with Crippen LogP contribution in [0.3, 0.4) is 0 Å². The Balaban J connectivity index is 2.22. The van der Waals surface area contributed by atoms with Crippen molar-refractivity contribution < 1.29 is 4.74 Å². The van der Waals surface area contributed by atoms with Crippen LogP contribution >= 0.6 is 22.7 Å². The molecular formula is C12H17N3OS2. The van der Waals surface area contributed by atoms with E-state index in [1.807, 2.05) is 6.92 Å². The fourth-order valence-electron chi connectivity index (χ4n) is 1.60. The van der Waals surface area contributed by atoms with E-state index in [1.165, 1.54) is 0 Å². The van der Waals surface area contributed by atoms with Gasteiger partial charge in [0.25, 0.3) is 0 Å². The van der Waals surface area contributed by atoms with E-state index in [-0.39, 0.29) is 0 Å². The molecule has 1 N–H and O–H groups in total. The Labute approximate surface area is 115 Å². The van der Waals surface area contributed by atoms with Crippen molar-refractivity contribution in [3.8, 4) is 10.6 Å². The first-order chi connectivity index (χ1) is 8.74. The van der Waals surface area contributed by atoms with Crippen molar-refractivity contribution in [2.45, 2.75) is 26.9 Å². The zero-order valence-electron chi connectivity index (χ0n) is 10.8. The van der Waals surface area contributed by atoms with Gasteiger partial charge in [0.05, 0.1) is 27.9 Å². The average molecular weight is 283 g/mol. The van der Waals surface area contributed by atoms with Gasteiger partial charge in [-0.05, 0) is 13.3 Å². The summed E-state index contributed by atoms with van der Waals surface area (Å²) < 4.78 is 5.18. The number of aryl methyl sites for hydroxylation is 1. The third-order valence-electron chi connectivity index (χ3n) is 2.35. The number of thiazole rings is 2. The zero-order valence-corrected chi connectivity index (χ0v) is 12.5. The van der Waals surface area contributed by atoms with Crippen LogP contribution < -0.4 is 5.32 Å². The van der Waals surface area contributed by atoms with Crippen LogP contribution in [0.1, 0.15) is 24.0 Å². The Morgan fingerprint density at radius 1 is 1.39 bits per heavy atom. The molecule has 0 atom stereocenters. The number of methoxy groups -OCH3 is 1. The molecule has 2 aromatic rings. The molecule has 0 saturated heterocycles. The summed E-state index contributed by atoms with van der Waals surface area (Å²) in [6, 6.07) is 0. The Morgan fingerprint density at radius 2 is 2.22 bits per heavy atom. The maximum absolute atomic E-state index is 5.18. The number of nitrogens with one attached hydrogen (secondary N) is 1. The predicted octanol–water partition coefficient (Wildman–Crippen LogP) is 3.54.